The molecule has 0 rings (SSSR count). The summed E-state index contributed by atoms with van der Waals surface area (Å²) in [5, 5.41) is 41.0. The molecule has 0 spiro atoms. The molecule has 16 heavy (non-hydrogen) atoms. The molecule has 0 aliphatic carbocycles. The van der Waals surface area contributed by atoms with Gasteiger partial charge in [-0.3, -0.25) is 0 Å². The highest BCUT2D eigenvalue weighted by atomic mass is 16.4. The van der Waals surface area contributed by atoms with Crippen molar-refractivity contribution in [3.05, 3.63) is 0 Å². The van der Waals surface area contributed by atoms with Gasteiger partial charge >= 0.3 is 0 Å². The van der Waals surface area contributed by atoms with Crippen molar-refractivity contribution in [1.82, 2.24) is 5.32 Å². The van der Waals surface area contributed by atoms with Gasteiger partial charge in [-0.1, -0.05) is 6.92 Å². The first-order valence-electron chi connectivity index (χ1n) is 5.66. The molecule has 0 fully saturated rings. The van der Waals surface area contributed by atoms with Crippen LogP contribution in [0, 0.1) is 0 Å². The summed E-state index contributed by atoms with van der Waals surface area (Å²) in [4.78, 5) is 0. The van der Waals surface area contributed by atoms with Crippen molar-refractivity contribution in [2.45, 2.75) is 64.1 Å². The van der Waals surface area contributed by atoms with Crippen molar-refractivity contribution < 1.29 is 20.4 Å². The number of rotatable bonds is 6. The first-order chi connectivity index (χ1) is 7.19. The molecule has 0 aromatic carbocycles. The predicted octanol–water partition coefficient (Wildman–Crippen LogP) is -0.772. The van der Waals surface area contributed by atoms with Crippen LogP contribution in [0.2, 0.25) is 0 Å². The van der Waals surface area contributed by atoms with E-state index in [1.54, 1.807) is 6.92 Å². The van der Waals surface area contributed by atoms with Gasteiger partial charge in [-0.15, -0.1) is 0 Å². The minimum absolute atomic E-state index is 0.165. The number of β-amino-alcohol motifs (C(OH)–C–C–N with tert-alkyl or cyclic N) is 1. The van der Waals surface area contributed by atoms with Gasteiger partial charge in [0.05, 0.1) is 12.2 Å². The Morgan fingerprint density at radius 1 is 0.938 bits per heavy atom. The molecule has 5 N–H and O–H groups in total. The van der Waals surface area contributed by atoms with E-state index >= 15 is 0 Å². The van der Waals surface area contributed by atoms with Crippen LogP contribution in [0.25, 0.3) is 0 Å². The summed E-state index contributed by atoms with van der Waals surface area (Å²) in [6, 6.07) is 0. The Hall–Kier alpha value is -0.200. The lowest BCUT2D eigenvalue weighted by Gasteiger charge is -2.29. The van der Waals surface area contributed by atoms with E-state index in [-0.39, 0.29) is 12.1 Å². The smallest absolute Gasteiger partial charge is 0.109 e. The van der Waals surface area contributed by atoms with Gasteiger partial charge in [-0.25, -0.2) is 0 Å². The van der Waals surface area contributed by atoms with Crippen LogP contribution in [-0.2, 0) is 0 Å². The van der Waals surface area contributed by atoms with E-state index in [4.69, 9.17) is 0 Å². The summed E-state index contributed by atoms with van der Waals surface area (Å²) in [6.07, 6.45) is -4.45. The lowest BCUT2D eigenvalue weighted by atomic mass is 10.0. The van der Waals surface area contributed by atoms with Gasteiger partial charge in [0.15, 0.2) is 0 Å². The zero-order chi connectivity index (χ0) is 12.9. The molecule has 0 bridgehead atoms. The third-order valence-corrected chi connectivity index (χ3v) is 2.40. The van der Waals surface area contributed by atoms with Gasteiger partial charge in [0.1, 0.15) is 12.2 Å². The second-order valence-electron chi connectivity index (χ2n) is 5.16. The van der Waals surface area contributed by atoms with Crippen molar-refractivity contribution in [2.75, 3.05) is 6.54 Å². The van der Waals surface area contributed by atoms with Gasteiger partial charge in [-0.2, -0.15) is 0 Å². The average molecular weight is 235 g/mol. The summed E-state index contributed by atoms with van der Waals surface area (Å²) in [6.45, 7) is 7.66. The zero-order valence-electron chi connectivity index (χ0n) is 10.5. The molecule has 0 aliphatic heterocycles. The molecular formula is C11H25NO4. The molecule has 0 aromatic rings. The molecule has 4 atom stereocenters. The molecule has 98 valence electrons. The van der Waals surface area contributed by atoms with Crippen molar-refractivity contribution >= 4 is 0 Å². The fraction of sp³-hybridized carbons (Fsp3) is 1.00. The third kappa shape index (κ3) is 5.77. The average Bonchev–Trinajstić information content (AvgIpc) is 2.21. The van der Waals surface area contributed by atoms with Gasteiger partial charge in [0.25, 0.3) is 0 Å². The van der Waals surface area contributed by atoms with Gasteiger partial charge in [-0.05, 0) is 27.2 Å². The van der Waals surface area contributed by atoms with E-state index in [0.717, 1.165) is 0 Å². The van der Waals surface area contributed by atoms with E-state index in [0.29, 0.717) is 6.42 Å². The highest BCUT2D eigenvalue weighted by Gasteiger charge is 2.29. The molecule has 0 heterocycles. The summed E-state index contributed by atoms with van der Waals surface area (Å²) >= 11 is 0. The topological polar surface area (TPSA) is 93.0 Å². The predicted molar refractivity (Wildman–Crippen MR) is 62.1 cm³/mol. The minimum Gasteiger partial charge on any atom is -0.390 e. The molecule has 5 heteroatoms. The number of aliphatic hydroxyl groups excluding tert-OH is 4. The Bertz CT molecular complexity index is 193. The van der Waals surface area contributed by atoms with E-state index in [1.807, 2.05) is 20.8 Å². The van der Waals surface area contributed by atoms with Crippen LogP contribution in [0.5, 0.6) is 0 Å². The molecule has 0 saturated heterocycles. The lowest BCUT2D eigenvalue weighted by Crippen LogP contribution is -2.50. The molecule has 5 nitrogen and oxygen atoms in total. The Morgan fingerprint density at radius 2 is 1.38 bits per heavy atom. The fourth-order valence-corrected chi connectivity index (χ4v) is 1.23. The maximum Gasteiger partial charge on any atom is 0.109 e. The van der Waals surface area contributed by atoms with Gasteiger partial charge in [0.2, 0.25) is 0 Å². The first kappa shape index (κ1) is 15.8. The maximum atomic E-state index is 9.61. The normalized spacial score (nSPS) is 20.2. The molecule has 0 aliphatic rings. The fourth-order valence-electron chi connectivity index (χ4n) is 1.23. The number of nitrogens with one attached hydrogen (secondary N) is 1. The molecule has 0 amide bonds. The Morgan fingerprint density at radius 3 is 1.75 bits per heavy atom. The van der Waals surface area contributed by atoms with Gasteiger partial charge in [0, 0.05) is 12.1 Å². The molecule has 0 aromatic heterocycles. The number of hydrogen-bond donors (Lipinski definition) is 5. The second kappa shape index (κ2) is 6.51. The number of aliphatic hydroxyl groups is 4. The monoisotopic (exact) mass is 235 g/mol. The summed E-state index contributed by atoms with van der Waals surface area (Å²) < 4.78 is 0. The van der Waals surface area contributed by atoms with Crippen LogP contribution in [0.4, 0.5) is 0 Å². The maximum absolute atomic E-state index is 9.61. The zero-order valence-corrected chi connectivity index (χ0v) is 10.5. The molecule has 0 saturated carbocycles. The van der Waals surface area contributed by atoms with E-state index in [1.165, 1.54) is 0 Å². The summed E-state index contributed by atoms with van der Waals surface area (Å²) in [5.74, 6) is 0. The Labute approximate surface area is 97.1 Å². The summed E-state index contributed by atoms with van der Waals surface area (Å²) in [5.41, 5.74) is -0.172. The quantitative estimate of drug-likeness (QED) is 0.417. The van der Waals surface area contributed by atoms with Crippen molar-refractivity contribution in [2.24, 2.45) is 0 Å². The van der Waals surface area contributed by atoms with Crippen molar-refractivity contribution in [3.8, 4) is 0 Å². The standard InChI is InChI=1S/C11H25NO4/c1-5-7(13)9(15)10(16)8(14)6-12-11(2,3)4/h7-10,12-16H,5-6H2,1-4H3/t7-,8+,9-,10-/m1/s1. The Balaban J connectivity index is 4.12. The van der Waals surface area contributed by atoms with Crippen molar-refractivity contribution in [3.63, 3.8) is 0 Å². The SMILES string of the molecule is CC[C@@H](O)[C@@H](O)[C@H](O)[C@@H](O)CNC(C)(C)C. The van der Waals surface area contributed by atoms with E-state index in [2.05, 4.69) is 5.32 Å². The highest BCUT2D eigenvalue weighted by Crippen LogP contribution is 2.08. The molecule has 0 radical (unpaired) electrons. The van der Waals surface area contributed by atoms with Crippen LogP contribution in [0.1, 0.15) is 34.1 Å². The largest absolute Gasteiger partial charge is 0.390 e. The lowest BCUT2D eigenvalue weighted by molar-refractivity contribution is -0.105. The highest BCUT2D eigenvalue weighted by molar-refractivity contribution is 4.83. The van der Waals surface area contributed by atoms with E-state index in [9.17, 15) is 20.4 Å². The van der Waals surface area contributed by atoms with Crippen LogP contribution >= 0.6 is 0 Å². The Kier molecular flexibility index (Phi) is 6.43. The molecular weight excluding hydrogens is 210 g/mol. The van der Waals surface area contributed by atoms with Crippen LogP contribution in [0.15, 0.2) is 0 Å². The first-order valence-corrected chi connectivity index (χ1v) is 5.66. The van der Waals surface area contributed by atoms with E-state index < -0.39 is 24.4 Å². The number of hydrogen-bond acceptors (Lipinski definition) is 5. The second-order valence-corrected chi connectivity index (χ2v) is 5.16. The third-order valence-electron chi connectivity index (χ3n) is 2.40. The van der Waals surface area contributed by atoms with Crippen LogP contribution in [-0.4, -0.2) is 56.9 Å². The minimum atomic E-state index is -1.34. The van der Waals surface area contributed by atoms with Crippen LogP contribution < -0.4 is 5.32 Å². The molecule has 0 unspecified atom stereocenters. The van der Waals surface area contributed by atoms with Crippen molar-refractivity contribution in [1.29, 1.82) is 0 Å². The van der Waals surface area contributed by atoms with Crippen LogP contribution in [0.3, 0.4) is 0 Å². The summed E-state index contributed by atoms with van der Waals surface area (Å²) in [7, 11) is 0. The van der Waals surface area contributed by atoms with Gasteiger partial charge < -0.3 is 25.7 Å².